The third kappa shape index (κ3) is 7.05. The zero-order chi connectivity index (χ0) is 14.6. The minimum Gasteiger partial charge on any atom is -0.468 e. The molecule has 1 aromatic heterocycles. The number of hydrogen-bond donors (Lipinski definition) is 1. The quantitative estimate of drug-likeness (QED) is 0.594. The summed E-state index contributed by atoms with van der Waals surface area (Å²) in [5.74, 6) is 0.989. The first-order valence-electron chi connectivity index (χ1n) is 7.38. The highest BCUT2D eigenvalue weighted by atomic mass is 16.5. The number of ether oxygens (including phenoxy) is 2. The highest BCUT2D eigenvalue weighted by Crippen LogP contribution is 2.10. The minimum atomic E-state index is 0.743. The highest BCUT2D eigenvalue weighted by Gasteiger charge is 2.09. The molecule has 0 atom stereocenters. The van der Waals surface area contributed by atoms with Crippen LogP contribution in [0.3, 0.4) is 0 Å². The van der Waals surface area contributed by atoms with E-state index >= 15 is 0 Å². The van der Waals surface area contributed by atoms with E-state index < -0.39 is 0 Å². The summed E-state index contributed by atoms with van der Waals surface area (Å²) in [6.07, 6.45) is 1.81. The van der Waals surface area contributed by atoms with Crippen molar-refractivity contribution in [2.75, 3.05) is 46.6 Å². The van der Waals surface area contributed by atoms with Crippen molar-refractivity contribution in [2.45, 2.75) is 26.9 Å². The van der Waals surface area contributed by atoms with Gasteiger partial charge in [0, 0.05) is 38.4 Å². The summed E-state index contributed by atoms with van der Waals surface area (Å²) >= 11 is 0. The maximum Gasteiger partial charge on any atom is 0.118 e. The van der Waals surface area contributed by atoms with E-state index in [0.29, 0.717) is 0 Å². The standard InChI is InChI=1S/C15H28N2O3/c1-4-18-8-6-17(7-9-19-5-2)12-15-10-14(11-16-3)13-20-15/h10,13,16H,4-9,11-12H2,1-3H3. The maximum absolute atomic E-state index is 5.60. The average molecular weight is 284 g/mol. The van der Waals surface area contributed by atoms with Crippen molar-refractivity contribution < 1.29 is 13.9 Å². The van der Waals surface area contributed by atoms with Crippen molar-refractivity contribution >= 4 is 0 Å². The van der Waals surface area contributed by atoms with Gasteiger partial charge >= 0.3 is 0 Å². The van der Waals surface area contributed by atoms with Crippen LogP contribution in [0.2, 0.25) is 0 Å². The number of rotatable bonds is 12. The Bertz CT molecular complexity index is 332. The topological polar surface area (TPSA) is 46.9 Å². The van der Waals surface area contributed by atoms with Crippen LogP contribution in [0.1, 0.15) is 25.2 Å². The first kappa shape index (κ1) is 17.2. The van der Waals surface area contributed by atoms with Gasteiger partial charge in [0.2, 0.25) is 0 Å². The van der Waals surface area contributed by atoms with Gasteiger partial charge in [-0.05, 0) is 27.0 Å². The van der Waals surface area contributed by atoms with E-state index in [9.17, 15) is 0 Å². The summed E-state index contributed by atoms with van der Waals surface area (Å²) in [4.78, 5) is 2.30. The van der Waals surface area contributed by atoms with Crippen LogP contribution in [0.4, 0.5) is 0 Å². The molecule has 0 amide bonds. The van der Waals surface area contributed by atoms with Crippen molar-refractivity contribution in [1.82, 2.24) is 10.2 Å². The molecule has 1 N–H and O–H groups in total. The minimum absolute atomic E-state index is 0.743. The Labute approximate surface area is 122 Å². The van der Waals surface area contributed by atoms with E-state index in [-0.39, 0.29) is 0 Å². The molecule has 0 radical (unpaired) electrons. The second-order valence-corrected chi connectivity index (χ2v) is 4.62. The molecule has 0 saturated carbocycles. The molecule has 1 rings (SSSR count). The van der Waals surface area contributed by atoms with Crippen molar-refractivity contribution in [2.24, 2.45) is 0 Å². The zero-order valence-electron chi connectivity index (χ0n) is 13.0. The summed E-state index contributed by atoms with van der Waals surface area (Å²) in [5, 5.41) is 3.12. The largest absolute Gasteiger partial charge is 0.468 e. The van der Waals surface area contributed by atoms with Gasteiger partial charge in [0.05, 0.1) is 26.0 Å². The van der Waals surface area contributed by atoms with Gasteiger partial charge in [-0.1, -0.05) is 0 Å². The SMILES string of the molecule is CCOCCN(CCOCC)Cc1cc(CNC)co1. The van der Waals surface area contributed by atoms with E-state index in [2.05, 4.69) is 16.3 Å². The van der Waals surface area contributed by atoms with Crippen LogP contribution >= 0.6 is 0 Å². The van der Waals surface area contributed by atoms with Gasteiger partial charge in [0.25, 0.3) is 0 Å². The monoisotopic (exact) mass is 284 g/mol. The summed E-state index contributed by atoms with van der Waals surface area (Å²) < 4.78 is 16.5. The van der Waals surface area contributed by atoms with E-state index in [0.717, 1.165) is 58.4 Å². The third-order valence-electron chi connectivity index (χ3n) is 2.98. The molecule has 1 aromatic rings. The maximum atomic E-state index is 5.60. The first-order chi connectivity index (χ1) is 9.80. The molecule has 0 aliphatic carbocycles. The molecule has 1 heterocycles. The van der Waals surface area contributed by atoms with Crippen LogP contribution in [0, 0.1) is 0 Å². The van der Waals surface area contributed by atoms with E-state index in [1.165, 1.54) is 5.56 Å². The molecule has 5 heteroatoms. The average Bonchev–Trinajstić information content (AvgIpc) is 2.87. The van der Waals surface area contributed by atoms with E-state index in [4.69, 9.17) is 13.9 Å². The fourth-order valence-corrected chi connectivity index (χ4v) is 1.97. The molecule has 0 aliphatic rings. The van der Waals surface area contributed by atoms with Gasteiger partial charge in [-0.15, -0.1) is 0 Å². The number of nitrogens with one attached hydrogen (secondary N) is 1. The molecule has 0 aromatic carbocycles. The molecule has 0 saturated heterocycles. The second kappa shape index (κ2) is 10.9. The highest BCUT2D eigenvalue weighted by molar-refractivity contribution is 5.12. The van der Waals surface area contributed by atoms with Gasteiger partial charge in [0.1, 0.15) is 5.76 Å². The first-order valence-corrected chi connectivity index (χ1v) is 7.38. The van der Waals surface area contributed by atoms with Gasteiger partial charge in [-0.3, -0.25) is 4.90 Å². The van der Waals surface area contributed by atoms with Crippen LogP contribution in [0.15, 0.2) is 16.7 Å². The lowest BCUT2D eigenvalue weighted by Gasteiger charge is -2.20. The van der Waals surface area contributed by atoms with Gasteiger partial charge in [0.15, 0.2) is 0 Å². The fraction of sp³-hybridized carbons (Fsp3) is 0.733. The van der Waals surface area contributed by atoms with Gasteiger partial charge < -0.3 is 19.2 Å². The Kier molecular flexibility index (Phi) is 9.32. The van der Waals surface area contributed by atoms with Crippen LogP contribution in [-0.4, -0.2) is 51.5 Å². The molecular weight excluding hydrogens is 256 g/mol. The van der Waals surface area contributed by atoms with Gasteiger partial charge in [-0.25, -0.2) is 0 Å². The van der Waals surface area contributed by atoms with Gasteiger partial charge in [-0.2, -0.15) is 0 Å². The van der Waals surface area contributed by atoms with Crippen LogP contribution in [-0.2, 0) is 22.6 Å². The van der Waals surface area contributed by atoms with Crippen LogP contribution in [0.5, 0.6) is 0 Å². The predicted molar refractivity (Wildman–Crippen MR) is 79.7 cm³/mol. The summed E-state index contributed by atoms with van der Waals surface area (Å²) in [6, 6.07) is 2.10. The molecule has 0 aliphatic heterocycles. The summed E-state index contributed by atoms with van der Waals surface area (Å²) in [5.41, 5.74) is 1.18. The lowest BCUT2D eigenvalue weighted by molar-refractivity contribution is 0.0769. The Balaban J connectivity index is 2.43. The van der Waals surface area contributed by atoms with Crippen LogP contribution in [0.25, 0.3) is 0 Å². The molecule has 0 bridgehead atoms. The fourth-order valence-electron chi connectivity index (χ4n) is 1.97. The molecule has 0 spiro atoms. The summed E-state index contributed by atoms with van der Waals surface area (Å²) in [6.45, 7) is 10.4. The molecular formula is C15H28N2O3. The Morgan fingerprint density at radius 1 is 1.15 bits per heavy atom. The predicted octanol–water partition coefficient (Wildman–Crippen LogP) is 1.87. The zero-order valence-corrected chi connectivity index (χ0v) is 13.0. The van der Waals surface area contributed by atoms with Crippen molar-refractivity contribution in [3.63, 3.8) is 0 Å². The van der Waals surface area contributed by atoms with Crippen molar-refractivity contribution in [3.8, 4) is 0 Å². The molecule has 5 nitrogen and oxygen atoms in total. The smallest absolute Gasteiger partial charge is 0.118 e. The van der Waals surface area contributed by atoms with Crippen molar-refractivity contribution in [3.05, 3.63) is 23.7 Å². The normalized spacial score (nSPS) is 11.4. The molecule has 0 fully saturated rings. The second-order valence-electron chi connectivity index (χ2n) is 4.62. The number of nitrogens with zero attached hydrogens (tertiary/aromatic N) is 1. The van der Waals surface area contributed by atoms with Crippen molar-refractivity contribution in [1.29, 1.82) is 0 Å². The Morgan fingerprint density at radius 3 is 2.35 bits per heavy atom. The Hall–Kier alpha value is -0.880. The number of furan rings is 1. The number of hydrogen-bond acceptors (Lipinski definition) is 5. The summed E-state index contributed by atoms with van der Waals surface area (Å²) in [7, 11) is 1.93. The van der Waals surface area contributed by atoms with Crippen LogP contribution < -0.4 is 5.32 Å². The lowest BCUT2D eigenvalue weighted by atomic mass is 10.3. The lowest BCUT2D eigenvalue weighted by Crippen LogP contribution is -2.30. The van der Waals surface area contributed by atoms with E-state index in [1.54, 1.807) is 0 Å². The Morgan fingerprint density at radius 2 is 1.80 bits per heavy atom. The molecule has 0 unspecified atom stereocenters. The third-order valence-corrected chi connectivity index (χ3v) is 2.98. The molecule has 20 heavy (non-hydrogen) atoms. The van der Waals surface area contributed by atoms with E-state index in [1.807, 2.05) is 27.2 Å². The molecule has 116 valence electrons.